The molecule has 0 saturated carbocycles. The Kier molecular flexibility index (Phi) is 2.81. The molecule has 1 fully saturated rings. The average Bonchev–Trinajstić information content (AvgIpc) is 2.72. The van der Waals surface area contributed by atoms with E-state index < -0.39 is 0 Å². The van der Waals surface area contributed by atoms with Gasteiger partial charge >= 0.3 is 0 Å². The van der Waals surface area contributed by atoms with Crippen LogP contribution in [0, 0.1) is 6.92 Å². The van der Waals surface area contributed by atoms with Gasteiger partial charge in [-0.3, -0.25) is 4.84 Å². The van der Waals surface area contributed by atoms with Crippen molar-refractivity contribution in [2.45, 2.75) is 19.6 Å². The van der Waals surface area contributed by atoms with E-state index in [1.54, 1.807) is 11.3 Å². The van der Waals surface area contributed by atoms with Crippen molar-refractivity contribution in [1.29, 1.82) is 0 Å². The molecular formula is C9H15N3O2. The lowest BCUT2D eigenvalue weighted by Crippen LogP contribution is -2.25. The van der Waals surface area contributed by atoms with Crippen molar-refractivity contribution in [3.8, 4) is 0 Å². The number of rotatable bonds is 3. The van der Waals surface area contributed by atoms with Crippen LogP contribution in [0.2, 0.25) is 0 Å². The lowest BCUT2D eigenvalue weighted by molar-refractivity contribution is -0.112. The van der Waals surface area contributed by atoms with Crippen molar-refractivity contribution in [3.05, 3.63) is 18.2 Å². The van der Waals surface area contributed by atoms with Crippen LogP contribution in [0.5, 0.6) is 0 Å². The van der Waals surface area contributed by atoms with E-state index in [2.05, 4.69) is 9.55 Å². The molecule has 1 aliphatic heterocycles. The molecule has 1 atom stereocenters. The monoisotopic (exact) mass is 197 g/mol. The summed E-state index contributed by atoms with van der Waals surface area (Å²) in [7, 11) is 0. The topological polar surface area (TPSA) is 50.5 Å². The Morgan fingerprint density at radius 1 is 1.64 bits per heavy atom. The molecule has 0 aromatic carbocycles. The first-order chi connectivity index (χ1) is 6.75. The van der Waals surface area contributed by atoms with Crippen molar-refractivity contribution in [3.63, 3.8) is 0 Å². The van der Waals surface area contributed by atoms with Crippen molar-refractivity contribution in [1.82, 2.24) is 14.6 Å². The van der Waals surface area contributed by atoms with Crippen LogP contribution in [-0.4, -0.2) is 45.5 Å². The number of aryl methyl sites for hydroxylation is 1. The molecule has 1 saturated heterocycles. The molecule has 14 heavy (non-hydrogen) atoms. The van der Waals surface area contributed by atoms with Crippen molar-refractivity contribution in [2.24, 2.45) is 0 Å². The summed E-state index contributed by atoms with van der Waals surface area (Å²) < 4.78 is 2.06. The second-order valence-corrected chi connectivity index (χ2v) is 3.51. The first-order valence-electron chi connectivity index (χ1n) is 4.79. The third-order valence-corrected chi connectivity index (χ3v) is 2.38. The molecule has 0 radical (unpaired) electrons. The number of aliphatic hydroxyl groups excluding tert-OH is 1. The summed E-state index contributed by atoms with van der Waals surface area (Å²) in [5.41, 5.74) is 0. The molecule has 0 spiro atoms. The van der Waals surface area contributed by atoms with E-state index in [1.807, 2.05) is 13.1 Å². The van der Waals surface area contributed by atoms with E-state index in [0.29, 0.717) is 13.2 Å². The highest BCUT2D eigenvalue weighted by Crippen LogP contribution is 2.05. The van der Waals surface area contributed by atoms with Crippen LogP contribution in [0.15, 0.2) is 12.4 Å². The van der Waals surface area contributed by atoms with E-state index in [0.717, 1.165) is 18.9 Å². The number of β-amino-alcohol motifs (C(OH)–C–C–N with tert-alkyl or cyclic N) is 1. The standard InChI is InChI=1S/C9H15N3O2/c1-8-10-2-3-11(8)4-5-12-6-9(13)7-14-12/h2-3,9,13H,4-7H2,1H3/t9-/m0/s1. The van der Waals surface area contributed by atoms with Crippen LogP contribution in [0.1, 0.15) is 5.82 Å². The van der Waals surface area contributed by atoms with Crippen LogP contribution < -0.4 is 0 Å². The second-order valence-electron chi connectivity index (χ2n) is 3.51. The van der Waals surface area contributed by atoms with Crippen LogP contribution >= 0.6 is 0 Å². The van der Waals surface area contributed by atoms with Gasteiger partial charge in [-0.15, -0.1) is 0 Å². The fourth-order valence-corrected chi connectivity index (χ4v) is 1.55. The number of imidazole rings is 1. The maximum absolute atomic E-state index is 9.23. The molecule has 1 aliphatic rings. The average molecular weight is 197 g/mol. The number of aromatic nitrogens is 2. The molecule has 2 heterocycles. The van der Waals surface area contributed by atoms with Gasteiger partial charge in [0.2, 0.25) is 0 Å². The Morgan fingerprint density at radius 2 is 2.50 bits per heavy atom. The van der Waals surface area contributed by atoms with Gasteiger partial charge in [-0.2, -0.15) is 5.06 Å². The van der Waals surface area contributed by atoms with Gasteiger partial charge in [0.25, 0.3) is 0 Å². The molecular weight excluding hydrogens is 182 g/mol. The normalized spacial score (nSPS) is 23.1. The largest absolute Gasteiger partial charge is 0.389 e. The lowest BCUT2D eigenvalue weighted by atomic mass is 10.4. The minimum atomic E-state index is -0.334. The third kappa shape index (κ3) is 2.12. The summed E-state index contributed by atoms with van der Waals surface area (Å²) in [5, 5.41) is 11.0. The summed E-state index contributed by atoms with van der Waals surface area (Å²) in [4.78, 5) is 9.38. The van der Waals surface area contributed by atoms with E-state index >= 15 is 0 Å². The van der Waals surface area contributed by atoms with Gasteiger partial charge in [-0.25, -0.2) is 4.98 Å². The molecule has 1 aromatic rings. The molecule has 5 heteroatoms. The highest BCUT2D eigenvalue weighted by molar-refractivity contribution is 4.88. The Morgan fingerprint density at radius 3 is 3.07 bits per heavy atom. The van der Waals surface area contributed by atoms with Gasteiger partial charge in [0.15, 0.2) is 0 Å². The lowest BCUT2D eigenvalue weighted by Gasteiger charge is -2.14. The van der Waals surface area contributed by atoms with E-state index in [9.17, 15) is 5.11 Å². The quantitative estimate of drug-likeness (QED) is 0.729. The minimum Gasteiger partial charge on any atom is -0.389 e. The summed E-state index contributed by atoms with van der Waals surface area (Å²) in [6.45, 7) is 4.63. The molecule has 0 bridgehead atoms. The number of hydrogen-bond acceptors (Lipinski definition) is 4. The molecule has 78 valence electrons. The van der Waals surface area contributed by atoms with Crippen LogP contribution in [0.3, 0.4) is 0 Å². The van der Waals surface area contributed by atoms with Crippen molar-refractivity contribution in [2.75, 3.05) is 19.7 Å². The summed E-state index contributed by atoms with van der Waals surface area (Å²) >= 11 is 0. The smallest absolute Gasteiger partial charge is 0.105 e. The molecule has 2 rings (SSSR count). The van der Waals surface area contributed by atoms with Gasteiger partial charge in [-0.05, 0) is 6.92 Å². The van der Waals surface area contributed by atoms with Crippen molar-refractivity contribution < 1.29 is 9.94 Å². The molecule has 0 amide bonds. The summed E-state index contributed by atoms with van der Waals surface area (Å²) in [6.07, 6.45) is 3.40. The number of hydroxylamine groups is 2. The predicted octanol–water partition coefficient (Wildman–Crippen LogP) is -0.200. The molecule has 1 aromatic heterocycles. The van der Waals surface area contributed by atoms with Crippen LogP contribution in [-0.2, 0) is 11.4 Å². The fourth-order valence-electron chi connectivity index (χ4n) is 1.55. The number of nitrogens with zero attached hydrogens (tertiary/aromatic N) is 3. The molecule has 0 aliphatic carbocycles. The SMILES string of the molecule is Cc1nccn1CCN1C[C@H](O)CO1. The number of hydrogen-bond donors (Lipinski definition) is 1. The van der Waals surface area contributed by atoms with Crippen LogP contribution in [0.25, 0.3) is 0 Å². The van der Waals surface area contributed by atoms with Gasteiger partial charge in [0, 0.05) is 25.5 Å². The highest BCUT2D eigenvalue weighted by atomic mass is 16.7. The minimum absolute atomic E-state index is 0.334. The molecule has 1 N–H and O–H groups in total. The first kappa shape index (κ1) is 9.64. The summed E-state index contributed by atoms with van der Waals surface area (Å²) in [6, 6.07) is 0. The molecule has 0 unspecified atom stereocenters. The van der Waals surface area contributed by atoms with Gasteiger partial charge < -0.3 is 9.67 Å². The zero-order valence-electron chi connectivity index (χ0n) is 8.26. The zero-order chi connectivity index (χ0) is 9.97. The van der Waals surface area contributed by atoms with E-state index in [4.69, 9.17) is 4.84 Å². The second kappa shape index (κ2) is 4.08. The van der Waals surface area contributed by atoms with Gasteiger partial charge in [0.1, 0.15) is 5.82 Å². The maximum atomic E-state index is 9.23. The molecule has 5 nitrogen and oxygen atoms in total. The van der Waals surface area contributed by atoms with Gasteiger partial charge in [0.05, 0.1) is 19.3 Å². The first-order valence-corrected chi connectivity index (χ1v) is 4.79. The van der Waals surface area contributed by atoms with Crippen molar-refractivity contribution >= 4 is 0 Å². The highest BCUT2D eigenvalue weighted by Gasteiger charge is 2.20. The Balaban J connectivity index is 1.80. The van der Waals surface area contributed by atoms with E-state index in [1.165, 1.54) is 0 Å². The Bertz CT molecular complexity index is 300. The maximum Gasteiger partial charge on any atom is 0.105 e. The summed E-state index contributed by atoms with van der Waals surface area (Å²) in [5.74, 6) is 1.00. The third-order valence-electron chi connectivity index (χ3n) is 2.38. The Hall–Kier alpha value is -0.910. The van der Waals surface area contributed by atoms with E-state index in [-0.39, 0.29) is 6.10 Å². The van der Waals surface area contributed by atoms with Gasteiger partial charge in [-0.1, -0.05) is 0 Å². The number of aliphatic hydroxyl groups is 1. The Labute approximate surface area is 82.9 Å². The zero-order valence-corrected chi connectivity index (χ0v) is 8.26. The predicted molar refractivity (Wildman–Crippen MR) is 50.5 cm³/mol. The fraction of sp³-hybridized carbons (Fsp3) is 0.667. The van der Waals surface area contributed by atoms with Crippen LogP contribution in [0.4, 0.5) is 0 Å².